The summed E-state index contributed by atoms with van der Waals surface area (Å²) in [5.41, 5.74) is -6.50. The van der Waals surface area contributed by atoms with Crippen LogP contribution in [0.1, 0.15) is 40.4 Å². The van der Waals surface area contributed by atoms with Gasteiger partial charge in [0.15, 0.2) is 0 Å². The fourth-order valence-corrected chi connectivity index (χ4v) is 5.91. The van der Waals surface area contributed by atoms with Crippen LogP contribution in [0.4, 0.5) is 36.4 Å². The average molecular weight is 608 g/mol. The van der Waals surface area contributed by atoms with E-state index >= 15 is 0 Å². The molecule has 0 heterocycles. The number of hydrogen-bond acceptors (Lipinski definition) is 4. The molecule has 0 amide bonds. The Hall–Kier alpha value is -3.65. The molecular formula is C27H24F7NO5S. The second-order valence-electron chi connectivity index (χ2n) is 9.23. The third-order valence-electron chi connectivity index (χ3n) is 6.31. The molecular weight excluding hydrogens is 583 g/mol. The number of carboxylic acids is 1. The summed E-state index contributed by atoms with van der Waals surface area (Å²) in [7, 11) is -4.01. The standard InChI is InChI=1S/C27H24F7NO5S/c1-3-12-35(41(39,40)15-17-4-10-21(24(36)37)16(2)13-17)20-8-5-18(6-9-20)22-11-7-19(14-23(22)28)25(38,26(29,30)31)27(32,33)34/h4-11,13-14,38H,3,12,15H2,1-2H3,(H,36,37). The van der Waals surface area contributed by atoms with Crippen molar-refractivity contribution in [2.45, 2.75) is 44.0 Å². The van der Waals surface area contributed by atoms with Gasteiger partial charge in [-0.3, -0.25) is 4.31 Å². The number of alkyl halides is 6. The van der Waals surface area contributed by atoms with Crippen LogP contribution in [0, 0.1) is 12.7 Å². The summed E-state index contributed by atoms with van der Waals surface area (Å²) < 4.78 is 121. The van der Waals surface area contributed by atoms with Crippen molar-refractivity contribution in [1.82, 2.24) is 0 Å². The number of nitrogens with zero attached hydrogens (tertiary/aromatic N) is 1. The van der Waals surface area contributed by atoms with Gasteiger partial charge in [0, 0.05) is 17.7 Å². The van der Waals surface area contributed by atoms with Crippen LogP contribution in [-0.2, 0) is 21.4 Å². The highest BCUT2D eigenvalue weighted by molar-refractivity contribution is 7.92. The Kier molecular flexibility index (Phi) is 8.80. The third-order valence-corrected chi connectivity index (χ3v) is 8.07. The zero-order valence-corrected chi connectivity index (χ0v) is 22.3. The molecule has 2 N–H and O–H groups in total. The van der Waals surface area contributed by atoms with E-state index in [9.17, 15) is 54.2 Å². The van der Waals surface area contributed by atoms with Crippen molar-refractivity contribution >= 4 is 21.7 Å². The van der Waals surface area contributed by atoms with Gasteiger partial charge in [-0.05, 0) is 54.3 Å². The number of carbonyl (C=O) groups is 1. The van der Waals surface area contributed by atoms with Crippen LogP contribution in [0.3, 0.4) is 0 Å². The van der Waals surface area contributed by atoms with Crippen LogP contribution in [0.5, 0.6) is 0 Å². The van der Waals surface area contributed by atoms with E-state index in [4.69, 9.17) is 0 Å². The lowest BCUT2D eigenvalue weighted by molar-refractivity contribution is -0.376. The zero-order chi connectivity index (χ0) is 31.0. The number of benzene rings is 3. The molecule has 0 bridgehead atoms. The molecule has 3 rings (SSSR count). The molecule has 0 aromatic heterocycles. The van der Waals surface area contributed by atoms with Gasteiger partial charge in [-0.2, -0.15) is 26.3 Å². The maximum absolute atomic E-state index is 14.8. The monoisotopic (exact) mass is 607 g/mol. The molecule has 0 atom stereocenters. The van der Waals surface area contributed by atoms with Gasteiger partial charge >= 0.3 is 18.3 Å². The van der Waals surface area contributed by atoms with Gasteiger partial charge in [0.25, 0.3) is 5.60 Å². The molecule has 3 aromatic rings. The molecule has 0 aliphatic heterocycles. The molecule has 0 aliphatic rings. The molecule has 0 unspecified atom stereocenters. The molecule has 14 heteroatoms. The average Bonchev–Trinajstić information content (AvgIpc) is 2.85. The minimum atomic E-state index is -6.17. The zero-order valence-electron chi connectivity index (χ0n) is 21.5. The Balaban J connectivity index is 1.94. The number of aryl methyl sites for hydroxylation is 1. The van der Waals surface area contributed by atoms with E-state index in [2.05, 4.69) is 0 Å². The van der Waals surface area contributed by atoms with Crippen LogP contribution >= 0.6 is 0 Å². The predicted molar refractivity (Wildman–Crippen MR) is 136 cm³/mol. The summed E-state index contributed by atoms with van der Waals surface area (Å²) in [6.07, 6.45) is -12.0. The molecule has 0 aliphatic carbocycles. The first-order valence-electron chi connectivity index (χ1n) is 11.9. The van der Waals surface area contributed by atoms with Gasteiger partial charge in [-0.1, -0.05) is 43.3 Å². The first-order chi connectivity index (χ1) is 18.8. The lowest BCUT2D eigenvalue weighted by Crippen LogP contribution is -2.53. The maximum Gasteiger partial charge on any atom is 0.430 e. The molecule has 0 saturated carbocycles. The van der Waals surface area contributed by atoms with Crippen LogP contribution in [-0.4, -0.2) is 43.5 Å². The van der Waals surface area contributed by atoms with E-state index in [-0.39, 0.29) is 35.0 Å². The highest BCUT2D eigenvalue weighted by Crippen LogP contribution is 2.50. The highest BCUT2D eigenvalue weighted by Gasteiger charge is 2.71. The SMILES string of the molecule is CCCN(c1ccc(-c2ccc(C(O)(C(F)(F)F)C(F)(F)F)cc2F)cc1)S(=O)(=O)Cc1ccc(C(=O)O)c(C)c1. The van der Waals surface area contributed by atoms with Crippen molar-refractivity contribution in [3.63, 3.8) is 0 Å². The van der Waals surface area contributed by atoms with E-state index in [1.807, 2.05) is 0 Å². The molecule has 0 saturated heterocycles. The first-order valence-corrected chi connectivity index (χ1v) is 13.5. The van der Waals surface area contributed by atoms with E-state index in [1.165, 1.54) is 49.4 Å². The molecule has 41 heavy (non-hydrogen) atoms. The number of carboxylic acid groups (broad SMARTS) is 1. The second kappa shape index (κ2) is 11.3. The van der Waals surface area contributed by atoms with Crippen molar-refractivity contribution in [3.05, 3.63) is 88.7 Å². The van der Waals surface area contributed by atoms with Gasteiger partial charge in [0.2, 0.25) is 10.0 Å². The smallest absolute Gasteiger partial charge is 0.430 e. The Morgan fingerprint density at radius 1 is 0.902 bits per heavy atom. The number of aromatic carboxylic acids is 1. The van der Waals surface area contributed by atoms with Crippen molar-refractivity contribution in [2.24, 2.45) is 0 Å². The Labute approximate surface area is 230 Å². The van der Waals surface area contributed by atoms with Crippen molar-refractivity contribution < 1.29 is 54.2 Å². The van der Waals surface area contributed by atoms with Gasteiger partial charge in [-0.15, -0.1) is 0 Å². The Bertz CT molecular complexity index is 1520. The van der Waals surface area contributed by atoms with Crippen LogP contribution in [0.2, 0.25) is 0 Å². The summed E-state index contributed by atoms with van der Waals surface area (Å²) >= 11 is 0. The fourth-order valence-electron chi connectivity index (χ4n) is 4.25. The lowest BCUT2D eigenvalue weighted by Gasteiger charge is -2.32. The van der Waals surface area contributed by atoms with Gasteiger partial charge in [0.1, 0.15) is 5.82 Å². The van der Waals surface area contributed by atoms with Crippen molar-refractivity contribution in [2.75, 3.05) is 10.8 Å². The normalized spacial score (nSPS) is 12.8. The first kappa shape index (κ1) is 31.9. The molecule has 0 fully saturated rings. The van der Waals surface area contributed by atoms with Crippen LogP contribution < -0.4 is 4.31 Å². The quantitative estimate of drug-likeness (QED) is 0.269. The van der Waals surface area contributed by atoms with Crippen molar-refractivity contribution in [1.29, 1.82) is 0 Å². The molecule has 0 radical (unpaired) electrons. The summed E-state index contributed by atoms with van der Waals surface area (Å²) in [5.74, 6) is -3.10. The minimum absolute atomic E-state index is 0.0221. The topological polar surface area (TPSA) is 94.9 Å². The van der Waals surface area contributed by atoms with E-state index in [0.717, 1.165) is 4.31 Å². The third kappa shape index (κ3) is 6.32. The fraction of sp³-hybridized carbons (Fsp3) is 0.296. The number of hydrogen-bond donors (Lipinski definition) is 2. The highest BCUT2D eigenvalue weighted by atomic mass is 32.2. The Morgan fingerprint density at radius 2 is 1.49 bits per heavy atom. The summed E-state index contributed by atoms with van der Waals surface area (Å²) in [6, 6.07) is 10.2. The number of aliphatic hydroxyl groups is 1. The van der Waals surface area contributed by atoms with Crippen LogP contribution in [0.15, 0.2) is 60.7 Å². The van der Waals surface area contributed by atoms with Gasteiger partial charge in [0.05, 0.1) is 17.0 Å². The summed E-state index contributed by atoms with van der Waals surface area (Å²) in [6.45, 7) is 3.30. The van der Waals surface area contributed by atoms with E-state index in [0.29, 0.717) is 29.7 Å². The number of sulfonamides is 1. The summed E-state index contributed by atoms with van der Waals surface area (Å²) in [4.78, 5) is 11.2. The molecule has 0 spiro atoms. The largest absolute Gasteiger partial charge is 0.478 e. The van der Waals surface area contributed by atoms with Crippen LogP contribution in [0.25, 0.3) is 11.1 Å². The van der Waals surface area contributed by atoms with Crippen molar-refractivity contribution in [3.8, 4) is 11.1 Å². The number of rotatable bonds is 9. The lowest BCUT2D eigenvalue weighted by atomic mass is 9.90. The molecule has 3 aromatic carbocycles. The van der Waals surface area contributed by atoms with Gasteiger partial charge < -0.3 is 10.2 Å². The molecule has 6 nitrogen and oxygen atoms in total. The van der Waals surface area contributed by atoms with E-state index in [1.54, 1.807) is 6.92 Å². The van der Waals surface area contributed by atoms with Gasteiger partial charge in [-0.25, -0.2) is 17.6 Å². The van der Waals surface area contributed by atoms with E-state index < -0.39 is 51.1 Å². The number of anilines is 1. The summed E-state index contributed by atoms with van der Waals surface area (Å²) in [5, 5.41) is 18.7. The predicted octanol–water partition coefficient (Wildman–Crippen LogP) is 6.56. The maximum atomic E-state index is 14.8. The second-order valence-corrected chi connectivity index (χ2v) is 11.1. The molecule has 222 valence electrons. The minimum Gasteiger partial charge on any atom is -0.478 e. The Morgan fingerprint density at radius 3 is 1.95 bits per heavy atom. The number of halogens is 7.